The number of hydrogen-bond acceptors (Lipinski definition) is 6. The van der Waals surface area contributed by atoms with Crippen molar-refractivity contribution in [1.29, 1.82) is 0 Å². The number of halogens is 3. The standard InChI is InChI=1S/C18H18F3N3O4S/c1-29(26,27)9-7-22-6-8-24-15-10-12(2-5-16(15)28-17(24)25)14-4-3-13(11-23-14)18(19,20)21/h2-5,10-11,22H,6-9H2,1H3. The van der Waals surface area contributed by atoms with Crippen molar-refractivity contribution >= 4 is 20.9 Å². The first kappa shape index (κ1) is 21.1. The third-order valence-corrected chi connectivity index (χ3v) is 5.16. The van der Waals surface area contributed by atoms with Gasteiger partial charge in [-0.25, -0.2) is 13.2 Å². The number of hydrogen-bond donors (Lipinski definition) is 1. The van der Waals surface area contributed by atoms with Crippen molar-refractivity contribution in [1.82, 2.24) is 14.9 Å². The Bertz CT molecular complexity index is 1170. The first-order valence-electron chi connectivity index (χ1n) is 8.60. The van der Waals surface area contributed by atoms with E-state index in [0.717, 1.165) is 18.5 Å². The Balaban J connectivity index is 1.80. The van der Waals surface area contributed by atoms with Gasteiger partial charge in [-0.05, 0) is 30.3 Å². The van der Waals surface area contributed by atoms with Crippen LogP contribution in [0.2, 0.25) is 0 Å². The highest BCUT2D eigenvalue weighted by atomic mass is 32.2. The summed E-state index contributed by atoms with van der Waals surface area (Å²) in [7, 11) is -3.08. The molecule has 0 bridgehead atoms. The molecule has 0 aliphatic heterocycles. The average Bonchev–Trinajstić information content (AvgIpc) is 2.94. The third-order valence-electron chi connectivity index (χ3n) is 4.22. The molecule has 3 rings (SSSR count). The first-order chi connectivity index (χ1) is 13.5. The summed E-state index contributed by atoms with van der Waals surface area (Å²) in [6, 6.07) is 6.99. The first-order valence-corrected chi connectivity index (χ1v) is 10.7. The number of nitrogens with one attached hydrogen (secondary N) is 1. The molecule has 2 aromatic heterocycles. The number of aromatic nitrogens is 2. The molecule has 2 heterocycles. The number of sulfone groups is 1. The molecule has 0 aliphatic rings. The predicted octanol–water partition coefficient (Wildman–Crippen LogP) is 2.31. The molecule has 1 N–H and O–H groups in total. The average molecular weight is 429 g/mol. The van der Waals surface area contributed by atoms with E-state index in [4.69, 9.17) is 4.42 Å². The zero-order chi connectivity index (χ0) is 21.2. The lowest BCUT2D eigenvalue weighted by molar-refractivity contribution is -0.137. The second kappa shape index (κ2) is 7.99. The van der Waals surface area contributed by atoms with Gasteiger partial charge < -0.3 is 9.73 Å². The number of nitrogens with zero attached hydrogens (tertiary/aromatic N) is 2. The summed E-state index contributed by atoms with van der Waals surface area (Å²) in [6.07, 6.45) is -2.57. The molecule has 0 amide bonds. The topological polar surface area (TPSA) is 94.2 Å². The van der Waals surface area contributed by atoms with Gasteiger partial charge in [0.05, 0.1) is 22.5 Å². The number of fused-ring (bicyclic) bond motifs is 1. The van der Waals surface area contributed by atoms with Gasteiger partial charge in [-0.15, -0.1) is 0 Å². The lowest BCUT2D eigenvalue weighted by atomic mass is 10.1. The van der Waals surface area contributed by atoms with Crippen LogP contribution in [0.1, 0.15) is 5.56 Å². The van der Waals surface area contributed by atoms with Gasteiger partial charge in [0.2, 0.25) is 0 Å². The molecule has 0 saturated heterocycles. The molecule has 11 heteroatoms. The highest BCUT2D eigenvalue weighted by molar-refractivity contribution is 7.90. The van der Waals surface area contributed by atoms with Crippen LogP contribution in [0, 0.1) is 0 Å². The van der Waals surface area contributed by atoms with E-state index < -0.39 is 27.3 Å². The summed E-state index contributed by atoms with van der Waals surface area (Å²) in [5.41, 5.74) is 0.820. The summed E-state index contributed by atoms with van der Waals surface area (Å²) in [5, 5.41) is 2.94. The van der Waals surface area contributed by atoms with E-state index in [1.807, 2.05) is 0 Å². The maximum Gasteiger partial charge on any atom is 0.419 e. The Kier molecular flexibility index (Phi) is 5.80. The second-order valence-electron chi connectivity index (χ2n) is 6.51. The zero-order valence-electron chi connectivity index (χ0n) is 15.4. The van der Waals surface area contributed by atoms with Gasteiger partial charge in [0.25, 0.3) is 0 Å². The summed E-state index contributed by atoms with van der Waals surface area (Å²) >= 11 is 0. The van der Waals surface area contributed by atoms with Gasteiger partial charge in [0, 0.05) is 37.7 Å². The van der Waals surface area contributed by atoms with Crippen molar-refractivity contribution in [3.63, 3.8) is 0 Å². The summed E-state index contributed by atoms with van der Waals surface area (Å²) in [5.74, 6) is -0.597. The lowest BCUT2D eigenvalue weighted by Gasteiger charge is -2.08. The Hall–Kier alpha value is -2.66. The molecule has 7 nitrogen and oxygen atoms in total. The van der Waals surface area contributed by atoms with Gasteiger partial charge in [-0.3, -0.25) is 9.55 Å². The van der Waals surface area contributed by atoms with Crippen LogP contribution in [0.3, 0.4) is 0 Å². The van der Waals surface area contributed by atoms with Gasteiger partial charge in [-0.1, -0.05) is 0 Å². The fourth-order valence-corrected chi connectivity index (χ4v) is 3.25. The van der Waals surface area contributed by atoms with Crippen molar-refractivity contribution in [3.05, 3.63) is 52.6 Å². The van der Waals surface area contributed by atoms with Crippen LogP contribution in [-0.4, -0.2) is 43.1 Å². The van der Waals surface area contributed by atoms with E-state index >= 15 is 0 Å². The van der Waals surface area contributed by atoms with Crippen LogP contribution in [-0.2, 0) is 22.6 Å². The van der Waals surface area contributed by atoms with Crippen molar-refractivity contribution in [2.24, 2.45) is 0 Å². The monoisotopic (exact) mass is 429 g/mol. The molecule has 1 aromatic carbocycles. The molecular weight excluding hydrogens is 411 g/mol. The van der Waals surface area contributed by atoms with E-state index in [9.17, 15) is 26.4 Å². The van der Waals surface area contributed by atoms with Gasteiger partial charge in [0.15, 0.2) is 5.58 Å². The lowest BCUT2D eigenvalue weighted by Crippen LogP contribution is -2.28. The summed E-state index contributed by atoms with van der Waals surface area (Å²) in [4.78, 5) is 16.0. The largest absolute Gasteiger partial charge is 0.419 e. The molecule has 0 fully saturated rings. The number of oxazole rings is 1. The van der Waals surface area contributed by atoms with Crippen molar-refractivity contribution in [2.45, 2.75) is 12.7 Å². The van der Waals surface area contributed by atoms with Gasteiger partial charge in [-0.2, -0.15) is 13.2 Å². The van der Waals surface area contributed by atoms with Crippen molar-refractivity contribution in [2.75, 3.05) is 25.1 Å². The number of pyridine rings is 1. The van der Waals surface area contributed by atoms with Gasteiger partial charge >= 0.3 is 11.9 Å². The third kappa shape index (κ3) is 5.24. The van der Waals surface area contributed by atoms with E-state index in [-0.39, 0.29) is 18.8 Å². The molecule has 156 valence electrons. The van der Waals surface area contributed by atoms with E-state index in [1.165, 1.54) is 10.6 Å². The predicted molar refractivity (Wildman–Crippen MR) is 101 cm³/mol. The maximum absolute atomic E-state index is 12.7. The molecule has 3 aromatic rings. The maximum atomic E-state index is 12.7. The molecule has 0 radical (unpaired) electrons. The van der Waals surface area contributed by atoms with Crippen LogP contribution in [0.15, 0.2) is 45.7 Å². The number of rotatable bonds is 7. The molecule has 0 spiro atoms. The Morgan fingerprint density at radius 2 is 1.93 bits per heavy atom. The van der Waals surface area contributed by atoms with Crippen LogP contribution >= 0.6 is 0 Å². The Morgan fingerprint density at radius 1 is 1.17 bits per heavy atom. The minimum Gasteiger partial charge on any atom is -0.408 e. The molecule has 0 saturated carbocycles. The Morgan fingerprint density at radius 3 is 2.55 bits per heavy atom. The molecule has 0 atom stereocenters. The molecule has 29 heavy (non-hydrogen) atoms. The van der Waals surface area contributed by atoms with E-state index in [1.54, 1.807) is 18.2 Å². The van der Waals surface area contributed by atoms with Crippen LogP contribution in [0.4, 0.5) is 13.2 Å². The second-order valence-corrected chi connectivity index (χ2v) is 8.77. The SMILES string of the molecule is CS(=O)(=O)CCNCCn1c(=O)oc2ccc(-c3ccc(C(F)(F)F)cn3)cc21. The highest BCUT2D eigenvalue weighted by Crippen LogP contribution is 2.30. The van der Waals surface area contributed by atoms with Crippen LogP contribution < -0.4 is 11.1 Å². The fourth-order valence-electron chi connectivity index (χ4n) is 2.74. The van der Waals surface area contributed by atoms with E-state index in [0.29, 0.717) is 28.9 Å². The minimum absolute atomic E-state index is 0.0161. The van der Waals surface area contributed by atoms with Gasteiger partial charge in [0.1, 0.15) is 9.84 Å². The molecule has 0 unspecified atom stereocenters. The normalized spacial score (nSPS) is 12.6. The molecular formula is C18H18F3N3O4S. The quantitative estimate of drug-likeness (QED) is 0.580. The van der Waals surface area contributed by atoms with Crippen molar-refractivity contribution in [3.8, 4) is 11.3 Å². The van der Waals surface area contributed by atoms with Crippen LogP contribution in [0.25, 0.3) is 22.4 Å². The summed E-state index contributed by atoms with van der Waals surface area (Å²) in [6.45, 7) is 0.830. The fraction of sp³-hybridized carbons (Fsp3) is 0.333. The zero-order valence-corrected chi connectivity index (χ0v) is 16.2. The highest BCUT2D eigenvalue weighted by Gasteiger charge is 2.30. The summed E-state index contributed by atoms with van der Waals surface area (Å²) < 4.78 is 66.9. The van der Waals surface area contributed by atoms with Crippen LogP contribution in [0.5, 0.6) is 0 Å². The number of alkyl halides is 3. The van der Waals surface area contributed by atoms with E-state index in [2.05, 4.69) is 10.3 Å². The Labute approximate surface area is 164 Å². The molecule has 0 aliphatic carbocycles. The van der Waals surface area contributed by atoms with Crippen molar-refractivity contribution < 1.29 is 26.0 Å². The minimum atomic E-state index is -4.47. The smallest absolute Gasteiger partial charge is 0.408 e. The number of benzene rings is 1.